The molecule has 1 N–H and O–H groups in total. The zero-order valence-electron chi connectivity index (χ0n) is 11.0. The molecule has 0 saturated heterocycles. The summed E-state index contributed by atoms with van der Waals surface area (Å²) in [5.41, 5.74) is 1.86. The second-order valence-corrected chi connectivity index (χ2v) is 5.10. The number of rotatable bonds is 3. The number of carbonyl (C=O) groups excluding carboxylic acids is 2. The van der Waals surface area contributed by atoms with Crippen molar-refractivity contribution >= 4 is 17.5 Å². The molecule has 0 spiro atoms. The van der Waals surface area contributed by atoms with Gasteiger partial charge in [0.1, 0.15) is 0 Å². The quantitative estimate of drug-likeness (QED) is 0.837. The minimum absolute atomic E-state index is 0.227. The van der Waals surface area contributed by atoms with E-state index in [-0.39, 0.29) is 11.8 Å². The average molecular weight is 260 g/mol. The van der Waals surface area contributed by atoms with E-state index in [0.29, 0.717) is 23.3 Å². The van der Waals surface area contributed by atoms with E-state index in [2.05, 4.69) is 5.32 Å². The monoisotopic (exact) mass is 260 g/mol. The molecule has 1 heterocycles. The minimum atomic E-state index is -0.230. The topological polar surface area (TPSA) is 58.6 Å². The van der Waals surface area contributed by atoms with Crippen LogP contribution < -0.4 is 5.32 Å². The molecule has 5 heteroatoms. The number of nitrogens with one attached hydrogen (secondary N) is 1. The Morgan fingerprint density at radius 2 is 1.89 bits per heavy atom. The molecule has 0 bridgehead atoms. The predicted molar refractivity (Wildman–Crippen MR) is 70.3 cm³/mol. The highest BCUT2D eigenvalue weighted by Gasteiger charge is 2.33. The molecule has 19 heavy (non-hydrogen) atoms. The highest BCUT2D eigenvalue weighted by Crippen LogP contribution is 2.29. The molecular weight excluding hydrogens is 244 g/mol. The third kappa shape index (κ3) is 1.90. The van der Waals surface area contributed by atoms with Crippen molar-refractivity contribution in [2.75, 3.05) is 19.5 Å². The molecule has 0 unspecified atom stereocenters. The van der Waals surface area contributed by atoms with E-state index in [1.807, 2.05) is 6.07 Å². The molecule has 2 aliphatic rings. The Labute approximate surface area is 111 Å². The maximum atomic E-state index is 11.9. The number of hydrogen-bond donors (Lipinski definition) is 1. The number of methoxy groups -OCH3 is 1. The Morgan fingerprint density at radius 3 is 2.58 bits per heavy atom. The van der Waals surface area contributed by atoms with Crippen LogP contribution in [0.2, 0.25) is 0 Å². The first-order chi connectivity index (χ1) is 9.10. The maximum Gasteiger partial charge on any atom is 0.261 e. The molecule has 0 aromatic heterocycles. The molecule has 0 atom stereocenters. The SMILES string of the molecule is COC1CC(Nc2ccc3c(c2)C(=O)N(C)C3=O)C1. The molecule has 3 rings (SSSR count). The lowest BCUT2D eigenvalue weighted by atomic mass is 9.89. The van der Waals surface area contributed by atoms with Gasteiger partial charge in [0.05, 0.1) is 17.2 Å². The van der Waals surface area contributed by atoms with Gasteiger partial charge in [-0.25, -0.2) is 0 Å². The Kier molecular flexibility index (Phi) is 2.78. The van der Waals surface area contributed by atoms with Crippen LogP contribution in [-0.2, 0) is 4.74 Å². The summed E-state index contributed by atoms with van der Waals surface area (Å²) in [6.45, 7) is 0. The number of hydrogen-bond acceptors (Lipinski definition) is 4. The summed E-state index contributed by atoms with van der Waals surface area (Å²) in [5, 5.41) is 3.36. The van der Waals surface area contributed by atoms with Crippen LogP contribution >= 0.6 is 0 Å². The Bertz CT molecular complexity index is 550. The van der Waals surface area contributed by atoms with Gasteiger partial charge in [-0.15, -0.1) is 0 Å². The van der Waals surface area contributed by atoms with Crippen LogP contribution in [0.4, 0.5) is 5.69 Å². The van der Waals surface area contributed by atoms with Gasteiger partial charge in [0, 0.05) is 25.9 Å². The molecule has 100 valence electrons. The Balaban J connectivity index is 1.76. The summed E-state index contributed by atoms with van der Waals surface area (Å²) in [6.07, 6.45) is 2.28. The van der Waals surface area contributed by atoms with Crippen LogP contribution in [0.1, 0.15) is 33.6 Å². The van der Waals surface area contributed by atoms with Gasteiger partial charge in [-0.1, -0.05) is 0 Å². The fourth-order valence-corrected chi connectivity index (χ4v) is 2.56. The van der Waals surface area contributed by atoms with E-state index < -0.39 is 0 Å². The smallest absolute Gasteiger partial charge is 0.261 e. The van der Waals surface area contributed by atoms with Crippen LogP contribution in [0.5, 0.6) is 0 Å². The van der Waals surface area contributed by atoms with Crippen LogP contribution in [0.15, 0.2) is 18.2 Å². The van der Waals surface area contributed by atoms with Gasteiger partial charge >= 0.3 is 0 Å². The number of ether oxygens (including phenoxy) is 1. The van der Waals surface area contributed by atoms with E-state index in [9.17, 15) is 9.59 Å². The van der Waals surface area contributed by atoms with Crippen molar-refractivity contribution in [1.82, 2.24) is 4.90 Å². The van der Waals surface area contributed by atoms with Crippen LogP contribution in [0, 0.1) is 0 Å². The molecule has 1 aliphatic carbocycles. The predicted octanol–water partition coefficient (Wildman–Crippen LogP) is 1.50. The van der Waals surface area contributed by atoms with E-state index in [4.69, 9.17) is 4.74 Å². The lowest BCUT2D eigenvalue weighted by Crippen LogP contribution is -2.40. The van der Waals surface area contributed by atoms with Crippen molar-refractivity contribution in [1.29, 1.82) is 0 Å². The highest BCUT2D eigenvalue weighted by atomic mass is 16.5. The molecule has 0 radical (unpaired) electrons. The number of amides is 2. The normalized spacial score (nSPS) is 25.3. The van der Waals surface area contributed by atoms with Crippen LogP contribution in [0.25, 0.3) is 0 Å². The largest absolute Gasteiger partial charge is 0.382 e. The Morgan fingerprint density at radius 1 is 1.21 bits per heavy atom. The number of benzene rings is 1. The lowest BCUT2D eigenvalue weighted by Gasteiger charge is -2.35. The van der Waals surface area contributed by atoms with Crippen molar-refractivity contribution < 1.29 is 14.3 Å². The fourth-order valence-electron chi connectivity index (χ4n) is 2.56. The Hall–Kier alpha value is -1.88. The summed E-state index contributed by atoms with van der Waals surface area (Å²) in [5.74, 6) is -0.457. The second kappa shape index (κ2) is 4.35. The summed E-state index contributed by atoms with van der Waals surface area (Å²) in [4.78, 5) is 24.8. The van der Waals surface area contributed by atoms with Crippen molar-refractivity contribution in [2.24, 2.45) is 0 Å². The van der Waals surface area contributed by atoms with Crippen molar-refractivity contribution in [3.8, 4) is 0 Å². The van der Waals surface area contributed by atoms with Gasteiger partial charge in [-0.05, 0) is 31.0 Å². The third-order valence-corrected chi connectivity index (χ3v) is 3.89. The van der Waals surface area contributed by atoms with Gasteiger partial charge in [0.25, 0.3) is 11.8 Å². The first-order valence-corrected chi connectivity index (χ1v) is 6.36. The molecule has 2 amide bonds. The average Bonchev–Trinajstić information content (AvgIpc) is 2.58. The summed E-state index contributed by atoms with van der Waals surface area (Å²) in [7, 11) is 3.23. The molecule has 1 fully saturated rings. The number of fused-ring (bicyclic) bond motifs is 1. The number of carbonyl (C=O) groups is 2. The maximum absolute atomic E-state index is 11.9. The zero-order valence-corrected chi connectivity index (χ0v) is 11.0. The van der Waals surface area contributed by atoms with E-state index in [1.54, 1.807) is 19.2 Å². The van der Waals surface area contributed by atoms with E-state index >= 15 is 0 Å². The lowest BCUT2D eigenvalue weighted by molar-refractivity contribution is 0.0328. The first-order valence-electron chi connectivity index (χ1n) is 6.36. The van der Waals surface area contributed by atoms with Gasteiger partial charge < -0.3 is 10.1 Å². The van der Waals surface area contributed by atoms with Crippen molar-refractivity contribution in [2.45, 2.75) is 25.0 Å². The van der Waals surface area contributed by atoms with Gasteiger partial charge in [-0.2, -0.15) is 0 Å². The van der Waals surface area contributed by atoms with Crippen LogP contribution in [0.3, 0.4) is 0 Å². The minimum Gasteiger partial charge on any atom is -0.382 e. The fraction of sp³-hybridized carbons (Fsp3) is 0.429. The molecule has 1 aromatic rings. The third-order valence-electron chi connectivity index (χ3n) is 3.89. The van der Waals surface area contributed by atoms with Gasteiger partial charge in [0.15, 0.2) is 0 Å². The van der Waals surface area contributed by atoms with E-state index in [0.717, 1.165) is 23.4 Å². The van der Waals surface area contributed by atoms with Gasteiger partial charge in [-0.3, -0.25) is 14.5 Å². The zero-order chi connectivity index (χ0) is 13.6. The number of nitrogens with zero attached hydrogens (tertiary/aromatic N) is 1. The van der Waals surface area contributed by atoms with Crippen molar-refractivity contribution in [3.05, 3.63) is 29.3 Å². The molecule has 1 aliphatic heterocycles. The van der Waals surface area contributed by atoms with Crippen molar-refractivity contribution in [3.63, 3.8) is 0 Å². The molecule has 5 nitrogen and oxygen atoms in total. The summed E-state index contributed by atoms with van der Waals surface area (Å²) < 4.78 is 5.23. The van der Waals surface area contributed by atoms with Gasteiger partial charge in [0.2, 0.25) is 0 Å². The molecular formula is C14H16N2O3. The molecule has 1 saturated carbocycles. The first kappa shape index (κ1) is 12.2. The molecule has 1 aromatic carbocycles. The van der Waals surface area contributed by atoms with E-state index in [1.165, 1.54) is 7.05 Å². The summed E-state index contributed by atoms with van der Waals surface area (Å²) in [6, 6.07) is 5.71. The summed E-state index contributed by atoms with van der Waals surface area (Å²) >= 11 is 0. The number of anilines is 1. The van der Waals surface area contributed by atoms with Crippen LogP contribution in [-0.4, -0.2) is 43.0 Å². The second-order valence-electron chi connectivity index (χ2n) is 5.10. The highest BCUT2D eigenvalue weighted by molar-refractivity contribution is 6.21. The standard InChI is InChI=1S/C14H16N2O3/c1-16-13(17)11-4-3-8(7-12(11)14(16)18)15-9-5-10(6-9)19-2/h3-4,7,9-10,15H,5-6H2,1-2H3. The number of imide groups is 1.